The zero-order valence-electron chi connectivity index (χ0n) is 17.7. The van der Waals surface area contributed by atoms with E-state index < -0.39 is 10.0 Å². The van der Waals surface area contributed by atoms with Crippen molar-refractivity contribution < 1.29 is 17.7 Å². The second-order valence-corrected chi connectivity index (χ2v) is 10.1. The summed E-state index contributed by atoms with van der Waals surface area (Å²) in [7, 11) is -3.85. The van der Waals surface area contributed by atoms with E-state index in [0.717, 1.165) is 11.3 Å². The van der Waals surface area contributed by atoms with Crippen molar-refractivity contribution in [2.75, 3.05) is 18.4 Å². The summed E-state index contributed by atoms with van der Waals surface area (Å²) in [5.41, 5.74) is 2.34. The fourth-order valence-electron chi connectivity index (χ4n) is 3.64. The summed E-state index contributed by atoms with van der Waals surface area (Å²) in [5.74, 6) is 0.317. The van der Waals surface area contributed by atoms with Gasteiger partial charge in [-0.05, 0) is 50.1 Å². The van der Waals surface area contributed by atoms with Crippen LogP contribution in [0.15, 0.2) is 51.9 Å². The molecule has 0 atom stereocenters. The van der Waals surface area contributed by atoms with Crippen molar-refractivity contribution in [1.29, 1.82) is 0 Å². The van der Waals surface area contributed by atoms with Gasteiger partial charge in [-0.2, -0.15) is 9.29 Å². The van der Waals surface area contributed by atoms with Crippen LogP contribution in [0.4, 0.5) is 5.69 Å². The number of sulfonamides is 1. The molecule has 0 saturated carbocycles. The zero-order chi connectivity index (χ0) is 22.9. The summed E-state index contributed by atoms with van der Waals surface area (Å²) in [5, 5.41) is 6.87. The second kappa shape index (κ2) is 9.01. The van der Waals surface area contributed by atoms with Crippen LogP contribution in [0.3, 0.4) is 0 Å². The predicted molar refractivity (Wildman–Crippen MR) is 121 cm³/mol. The van der Waals surface area contributed by atoms with Gasteiger partial charge in [0.1, 0.15) is 4.90 Å². The first-order valence-electron chi connectivity index (χ1n) is 10.2. The molecule has 0 aliphatic carbocycles. The minimum Gasteiger partial charge on any atom is -0.339 e. The summed E-state index contributed by atoms with van der Waals surface area (Å²) in [6, 6.07) is 12.2. The number of aryl methyl sites for hydroxylation is 2. The Morgan fingerprint density at radius 3 is 2.44 bits per heavy atom. The lowest BCUT2D eigenvalue weighted by Crippen LogP contribution is -2.41. The van der Waals surface area contributed by atoms with Crippen LogP contribution in [0.2, 0.25) is 5.02 Å². The summed E-state index contributed by atoms with van der Waals surface area (Å²) < 4.78 is 32.9. The Bertz CT molecular complexity index is 1230. The second-order valence-electron chi connectivity index (χ2n) is 7.82. The van der Waals surface area contributed by atoms with Crippen LogP contribution in [0.1, 0.15) is 24.3 Å². The normalized spacial score (nSPS) is 15.6. The van der Waals surface area contributed by atoms with E-state index in [0.29, 0.717) is 30.1 Å². The summed E-state index contributed by atoms with van der Waals surface area (Å²) in [6.07, 6.45) is 0.858. The van der Waals surface area contributed by atoms with Crippen molar-refractivity contribution >= 4 is 33.2 Å². The number of nitrogens with zero attached hydrogens (tertiary/aromatic N) is 3. The van der Waals surface area contributed by atoms with Crippen molar-refractivity contribution in [1.82, 2.24) is 14.4 Å². The highest BCUT2D eigenvalue weighted by Gasteiger charge is 2.33. The van der Waals surface area contributed by atoms with Gasteiger partial charge in [-0.3, -0.25) is 4.79 Å². The Balaban J connectivity index is 1.46. The lowest BCUT2D eigenvalue weighted by Gasteiger charge is -2.30. The van der Waals surface area contributed by atoms with E-state index in [4.69, 9.17) is 16.1 Å². The van der Waals surface area contributed by atoms with Crippen molar-refractivity contribution in [2.24, 2.45) is 5.92 Å². The van der Waals surface area contributed by atoms with Crippen LogP contribution < -0.4 is 5.32 Å². The topological polar surface area (TPSA) is 105 Å². The number of amides is 1. The molecule has 8 nitrogen and oxygen atoms in total. The molecule has 2 heterocycles. The van der Waals surface area contributed by atoms with Gasteiger partial charge in [0.25, 0.3) is 0 Å². The lowest BCUT2D eigenvalue weighted by molar-refractivity contribution is -0.120. The van der Waals surface area contributed by atoms with E-state index in [1.807, 2.05) is 31.2 Å². The number of aromatic nitrogens is 2. The molecule has 0 bridgehead atoms. The predicted octanol–water partition coefficient (Wildman–Crippen LogP) is 4.05. The molecule has 4 rings (SSSR count). The number of nitrogens with one attached hydrogen (secondary N) is 1. The lowest BCUT2D eigenvalue weighted by atomic mass is 9.97. The molecule has 10 heteroatoms. The molecule has 1 N–H and O–H groups in total. The minimum atomic E-state index is -3.85. The van der Waals surface area contributed by atoms with Gasteiger partial charge in [0.2, 0.25) is 27.6 Å². The van der Waals surface area contributed by atoms with E-state index in [1.165, 1.54) is 16.4 Å². The van der Waals surface area contributed by atoms with E-state index in [1.54, 1.807) is 13.0 Å². The number of rotatable bonds is 5. The average Bonchev–Trinajstić information content (AvgIpc) is 3.22. The molecule has 168 valence electrons. The number of carbonyl (C=O) groups excluding carboxylic acids is 1. The molecule has 2 aromatic carbocycles. The Morgan fingerprint density at radius 2 is 1.81 bits per heavy atom. The van der Waals surface area contributed by atoms with E-state index in [-0.39, 0.29) is 34.8 Å². The largest absolute Gasteiger partial charge is 0.339 e. The van der Waals surface area contributed by atoms with Gasteiger partial charge in [-0.15, -0.1) is 0 Å². The van der Waals surface area contributed by atoms with Gasteiger partial charge < -0.3 is 9.84 Å². The number of piperidine rings is 1. The summed E-state index contributed by atoms with van der Waals surface area (Å²) in [4.78, 5) is 16.7. The highest BCUT2D eigenvalue weighted by atomic mass is 35.5. The fraction of sp³-hybridized carbons (Fsp3) is 0.318. The molecule has 1 saturated heterocycles. The maximum absolute atomic E-state index is 13.3. The summed E-state index contributed by atoms with van der Waals surface area (Å²) in [6.45, 7) is 4.10. The fourth-order valence-corrected chi connectivity index (χ4v) is 5.61. The van der Waals surface area contributed by atoms with Crippen LogP contribution in [-0.2, 0) is 14.8 Å². The first-order valence-corrected chi connectivity index (χ1v) is 12.0. The number of anilines is 1. The third-order valence-corrected chi connectivity index (χ3v) is 7.86. The van der Waals surface area contributed by atoms with Gasteiger partial charge in [0, 0.05) is 37.2 Å². The molecule has 1 aliphatic heterocycles. The molecule has 0 spiro atoms. The molecule has 1 amide bonds. The number of hydrogen-bond donors (Lipinski definition) is 1. The molecule has 32 heavy (non-hydrogen) atoms. The minimum absolute atomic E-state index is 0.0123. The van der Waals surface area contributed by atoms with Gasteiger partial charge in [-0.25, -0.2) is 8.42 Å². The highest BCUT2D eigenvalue weighted by Crippen LogP contribution is 2.31. The van der Waals surface area contributed by atoms with Gasteiger partial charge in [0.05, 0.1) is 5.02 Å². The SMILES string of the molecule is Cc1ccc(NC(=O)C2CCN(S(=O)(=O)c3cc(-c4noc(C)n4)ccc3Cl)CC2)cc1. The molecular formula is C22H23ClN4O4S. The monoisotopic (exact) mass is 474 g/mol. The Labute approximate surface area is 191 Å². The van der Waals surface area contributed by atoms with Crippen LogP contribution in [0.5, 0.6) is 0 Å². The summed E-state index contributed by atoms with van der Waals surface area (Å²) >= 11 is 6.24. The van der Waals surface area contributed by atoms with Crippen molar-refractivity contribution in [3.63, 3.8) is 0 Å². The van der Waals surface area contributed by atoms with Crippen LogP contribution in [0.25, 0.3) is 11.4 Å². The maximum atomic E-state index is 13.3. The van der Waals surface area contributed by atoms with Crippen LogP contribution in [0, 0.1) is 19.8 Å². The molecule has 0 radical (unpaired) electrons. The molecule has 1 aliphatic rings. The number of carbonyl (C=O) groups is 1. The number of halogens is 1. The standard InChI is InChI=1S/C22H23ClN4O4S/c1-14-3-6-18(7-4-14)25-22(28)16-9-11-27(12-10-16)32(29,30)20-13-17(5-8-19(20)23)21-24-15(2)31-26-21/h3-8,13,16H,9-12H2,1-2H3,(H,25,28). The highest BCUT2D eigenvalue weighted by molar-refractivity contribution is 7.89. The first-order chi connectivity index (χ1) is 15.2. The van der Waals surface area contributed by atoms with Crippen LogP contribution >= 0.6 is 11.6 Å². The molecule has 1 fully saturated rings. The zero-order valence-corrected chi connectivity index (χ0v) is 19.3. The Kier molecular flexibility index (Phi) is 6.32. The molecule has 0 unspecified atom stereocenters. The van der Waals surface area contributed by atoms with Gasteiger partial charge >= 0.3 is 0 Å². The quantitative estimate of drug-likeness (QED) is 0.598. The van der Waals surface area contributed by atoms with Crippen LogP contribution in [-0.4, -0.2) is 41.9 Å². The van der Waals surface area contributed by atoms with Crippen molar-refractivity contribution in [3.8, 4) is 11.4 Å². The molecule has 1 aromatic heterocycles. The number of hydrogen-bond acceptors (Lipinski definition) is 6. The first kappa shape index (κ1) is 22.4. The third-order valence-electron chi connectivity index (χ3n) is 5.48. The third kappa shape index (κ3) is 4.69. The Hall–Kier alpha value is -2.75. The van der Waals surface area contributed by atoms with E-state index in [9.17, 15) is 13.2 Å². The maximum Gasteiger partial charge on any atom is 0.244 e. The van der Waals surface area contributed by atoms with E-state index >= 15 is 0 Å². The van der Waals surface area contributed by atoms with Crippen molar-refractivity contribution in [3.05, 3.63) is 58.9 Å². The average molecular weight is 475 g/mol. The molecule has 3 aromatic rings. The van der Waals surface area contributed by atoms with E-state index in [2.05, 4.69) is 15.5 Å². The van der Waals surface area contributed by atoms with Crippen molar-refractivity contribution in [2.45, 2.75) is 31.6 Å². The smallest absolute Gasteiger partial charge is 0.244 e. The van der Waals surface area contributed by atoms with Gasteiger partial charge in [-0.1, -0.05) is 34.5 Å². The molecular weight excluding hydrogens is 452 g/mol. The van der Waals surface area contributed by atoms with Gasteiger partial charge in [0.15, 0.2) is 0 Å². The number of benzene rings is 2. The Morgan fingerprint density at radius 1 is 1.12 bits per heavy atom.